The second-order valence-electron chi connectivity index (χ2n) is 3.09. The second-order valence-corrected chi connectivity index (χ2v) is 3.99. The van der Waals surface area contributed by atoms with Crippen molar-refractivity contribution in [1.82, 2.24) is 5.32 Å². The molecule has 0 bridgehead atoms. The van der Waals surface area contributed by atoms with Crippen LogP contribution in [0.2, 0.25) is 5.02 Å². The van der Waals surface area contributed by atoms with Crippen molar-refractivity contribution in [2.45, 2.75) is 6.92 Å². The van der Waals surface area contributed by atoms with E-state index in [4.69, 9.17) is 17.3 Å². The van der Waals surface area contributed by atoms with Gasteiger partial charge in [-0.1, -0.05) is 36.0 Å². The number of nitrogens with one attached hydrogen (secondary N) is 1. The zero-order valence-electron chi connectivity index (χ0n) is 8.21. The number of carbonyl (C=O) groups is 1. The second kappa shape index (κ2) is 5.09. The quantitative estimate of drug-likeness (QED) is 0.793. The molecule has 0 atom stereocenters. The maximum Gasteiger partial charge on any atom is 0.253 e. The molecule has 0 radical (unpaired) electrons. The normalized spacial score (nSPS) is 9.73. The zero-order valence-corrected chi connectivity index (χ0v) is 9.78. The van der Waals surface area contributed by atoms with Crippen LogP contribution in [0.1, 0.15) is 15.9 Å². The summed E-state index contributed by atoms with van der Waals surface area (Å²) in [6.45, 7) is 2.02. The third-order valence-electron chi connectivity index (χ3n) is 1.86. The van der Waals surface area contributed by atoms with E-state index in [2.05, 4.69) is 17.5 Å². The number of halogens is 1. The summed E-state index contributed by atoms with van der Waals surface area (Å²) in [5, 5.41) is 3.03. The number of nitrogens with two attached hydrogens (primary N) is 1. The number of carbonyl (C=O) groups excluding carboxylic acids is 1. The van der Waals surface area contributed by atoms with Crippen LogP contribution >= 0.6 is 23.8 Å². The summed E-state index contributed by atoms with van der Waals surface area (Å²) in [5.41, 5.74) is 6.57. The molecular weight excluding hydrogens is 232 g/mol. The summed E-state index contributed by atoms with van der Waals surface area (Å²) in [6, 6.07) is 5.27. The van der Waals surface area contributed by atoms with Gasteiger partial charge in [-0.05, 0) is 18.6 Å². The molecule has 15 heavy (non-hydrogen) atoms. The summed E-state index contributed by atoms with van der Waals surface area (Å²) < 4.78 is 0. The van der Waals surface area contributed by atoms with E-state index in [1.165, 1.54) is 0 Å². The maximum absolute atomic E-state index is 11.6. The number of hydrogen-bond acceptors (Lipinski definition) is 2. The summed E-state index contributed by atoms with van der Waals surface area (Å²) >= 11 is 10.6. The largest absolute Gasteiger partial charge is 0.392 e. The molecule has 3 N–H and O–H groups in total. The lowest BCUT2D eigenvalue weighted by molar-refractivity contribution is 0.0959. The Morgan fingerprint density at radius 3 is 2.87 bits per heavy atom. The molecule has 0 spiro atoms. The summed E-state index contributed by atoms with van der Waals surface area (Å²) in [5.74, 6) is -0.267. The van der Waals surface area contributed by atoms with E-state index in [0.29, 0.717) is 10.6 Å². The predicted octanol–water partition coefficient (Wildman–Crippen LogP) is 1.66. The molecule has 5 heteroatoms. The number of hydrogen-bond donors (Lipinski definition) is 2. The molecule has 0 fully saturated rings. The van der Waals surface area contributed by atoms with Crippen LogP contribution in [0.15, 0.2) is 18.2 Å². The fourth-order valence-corrected chi connectivity index (χ4v) is 1.37. The molecule has 0 aliphatic carbocycles. The number of benzene rings is 1. The van der Waals surface area contributed by atoms with E-state index in [1.54, 1.807) is 12.1 Å². The predicted molar refractivity (Wildman–Crippen MR) is 65.3 cm³/mol. The van der Waals surface area contributed by atoms with Crippen molar-refractivity contribution in [3.05, 3.63) is 34.3 Å². The van der Waals surface area contributed by atoms with Gasteiger partial charge in [0, 0.05) is 0 Å². The van der Waals surface area contributed by atoms with Crippen LogP contribution in [-0.2, 0) is 0 Å². The van der Waals surface area contributed by atoms with Crippen LogP contribution in [0.5, 0.6) is 0 Å². The van der Waals surface area contributed by atoms with Crippen molar-refractivity contribution in [2.24, 2.45) is 5.73 Å². The molecule has 1 rings (SSSR count). The van der Waals surface area contributed by atoms with Crippen LogP contribution in [0.3, 0.4) is 0 Å². The first-order valence-electron chi connectivity index (χ1n) is 4.34. The van der Waals surface area contributed by atoms with Crippen LogP contribution in [0.4, 0.5) is 0 Å². The van der Waals surface area contributed by atoms with Crippen molar-refractivity contribution in [1.29, 1.82) is 0 Å². The van der Waals surface area contributed by atoms with Gasteiger partial charge in [-0.2, -0.15) is 0 Å². The van der Waals surface area contributed by atoms with Crippen LogP contribution < -0.4 is 11.1 Å². The highest BCUT2D eigenvalue weighted by molar-refractivity contribution is 7.80. The van der Waals surface area contributed by atoms with E-state index in [1.807, 2.05) is 13.0 Å². The van der Waals surface area contributed by atoms with Gasteiger partial charge >= 0.3 is 0 Å². The van der Waals surface area contributed by atoms with E-state index < -0.39 is 0 Å². The first-order valence-corrected chi connectivity index (χ1v) is 5.12. The first kappa shape index (κ1) is 11.9. The molecule has 0 saturated heterocycles. The molecule has 0 aliphatic heterocycles. The van der Waals surface area contributed by atoms with Crippen molar-refractivity contribution in [2.75, 3.05) is 6.54 Å². The third-order valence-corrected chi connectivity index (χ3v) is 2.51. The van der Waals surface area contributed by atoms with Crippen molar-refractivity contribution in [3.8, 4) is 0 Å². The maximum atomic E-state index is 11.6. The minimum atomic E-state index is -0.267. The minimum absolute atomic E-state index is 0.179. The number of thiocarbonyl (C=S) groups is 1. The van der Waals surface area contributed by atoms with Gasteiger partial charge < -0.3 is 11.1 Å². The highest BCUT2D eigenvalue weighted by Crippen LogP contribution is 2.19. The van der Waals surface area contributed by atoms with Gasteiger partial charge in [0.2, 0.25) is 0 Å². The minimum Gasteiger partial charge on any atom is -0.392 e. The third kappa shape index (κ3) is 3.18. The molecule has 0 aliphatic rings. The molecule has 0 heterocycles. The molecule has 3 nitrogen and oxygen atoms in total. The highest BCUT2D eigenvalue weighted by atomic mass is 35.5. The number of aryl methyl sites for hydroxylation is 1. The molecule has 0 unspecified atom stereocenters. The molecule has 1 amide bonds. The SMILES string of the molecule is Cc1cccc(C(=O)NCC(N)=S)c1Cl. The molecule has 0 saturated carbocycles. The average molecular weight is 243 g/mol. The number of rotatable bonds is 3. The van der Waals surface area contributed by atoms with E-state index in [-0.39, 0.29) is 17.4 Å². The van der Waals surface area contributed by atoms with Crippen LogP contribution in [0.25, 0.3) is 0 Å². The Hall–Kier alpha value is -1.13. The fraction of sp³-hybridized carbons (Fsp3) is 0.200. The standard InChI is InChI=1S/C10H11ClN2OS/c1-6-3-2-4-7(9(6)11)10(14)13-5-8(12)15/h2-4H,5H2,1H3,(H2,12,15)(H,13,14). The summed E-state index contributed by atoms with van der Waals surface area (Å²) in [7, 11) is 0. The Kier molecular flexibility index (Phi) is 4.05. The van der Waals surface area contributed by atoms with E-state index in [9.17, 15) is 4.79 Å². The Morgan fingerprint density at radius 2 is 2.27 bits per heavy atom. The molecule has 80 valence electrons. The van der Waals surface area contributed by atoms with Crippen LogP contribution in [-0.4, -0.2) is 17.4 Å². The number of amides is 1. The van der Waals surface area contributed by atoms with Gasteiger partial charge in [-0.3, -0.25) is 4.79 Å². The van der Waals surface area contributed by atoms with Crippen molar-refractivity contribution < 1.29 is 4.79 Å². The molecular formula is C10H11ClN2OS. The van der Waals surface area contributed by atoms with E-state index in [0.717, 1.165) is 5.56 Å². The lowest BCUT2D eigenvalue weighted by Gasteiger charge is -2.07. The molecule has 0 aromatic heterocycles. The lowest BCUT2D eigenvalue weighted by Crippen LogP contribution is -2.32. The van der Waals surface area contributed by atoms with Gasteiger partial charge in [-0.25, -0.2) is 0 Å². The van der Waals surface area contributed by atoms with Gasteiger partial charge in [0.25, 0.3) is 5.91 Å². The van der Waals surface area contributed by atoms with Gasteiger partial charge in [0.05, 0.1) is 22.1 Å². The monoisotopic (exact) mass is 242 g/mol. The Bertz CT molecular complexity index is 406. The van der Waals surface area contributed by atoms with Gasteiger partial charge in [0.15, 0.2) is 0 Å². The lowest BCUT2D eigenvalue weighted by atomic mass is 10.1. The molecule has 1 aromatic rings. The fourth-order valence-electron chi connectivity index (χ4n) is 1.09. The van der Waals surface area contributed by atoms with Crippen molar-refractivity contribution >= 4 is 34.7 Å². The van der Waals surface area contributed by atoms with E-state index >= 15 is 0 Å². The Morgan fingerprint density at radius 1 is 1.60 bits per heavy atom. The molecule has 1 aromatic carbocycles. The van der Waals surface area contributed by atoms with Crippen molar-refractivity contribution in [3.63, 3.8) is 0 Å². The van der Waals surface area contributed by atoms with Gasteiger partial charge in [-0.15, -0.1) is 0 Å². The van der Waals surface area contributed by atoms with Gasteiger partial charge in [0.1, 0.15) is 0 Å². The van der Waals surface area contributed by atoms with Crippen LogP contribution in [0, 0.1) is 6.92 Å². The highest BCUT2D eigenvalue weighted by Gasteiger charge is 2.10. The zero-order chi connectivity index (χ0) is 11.4. The topological polar surface area (TPSA) is 55.1 Å². The summed E-state index contributed by atoms with van der Waals surface area (Å²) in [6.07, 6.45) is 0. The Labute approximate surface area is 98.6 Å². The summed E-state index contributed by atoms with van der Waals surface area (Å²) in [4.78, 5) is 11.9. The first-order chi connectivity index (χ1) is 7.02. The average Bonchev–Trinajstić information content (AvgIpc) is 2.18. The smallest absolute Gasteiger partial charge is 0.253 e. The Balaban J connectivity index is 2.82.